The van der Waals surface area contributed by atoms with Crippen LogP contribution in [0.4, 0.5) is 22.0 Å². The summed E-state index contributed by atoms with van der Waals surface area (Å²) in [6.45, 7) is -0.819. The zero-order chi connectivity index (χ0) is 22.1. The third-order valence-corrected chi connectivity index (χ3v) is 6.83. The third kappa shape index (κ3) is 2.67. The number of nitrogens with zero attached hydrogens (tertiary/aromatic N) is 4. The van der Waals surface area contributed by atoms with Crippen LogP contribution >= 0.6 is 0 Å². The highest BCUT2D eigenvalue weighted by molar-refractivity contribution is 5.43. The molecule has 3 saturated carbocycles. The molecule has 2 aromatic carbocycles. The SMILES string of the molecule is O[C@](Cn1cnnn1)(c1ccc(F)cc1F)C(F)(F)C12CC(c3ccc(F)cc3)(C1)C2. The zero-order valence-corrected chi connectivity index (χ0v) is 16.1. The van der Waals surface area contributed by atoms with Crippen molar-refractivity contribution < 1.29 is 27.1 Å². The minimum Gasteiger partial charge on any atom is -0.377 e. The summed E-state index contributed by atoms with van der Waals surface area (Å²) in [5.74, 6) is -6.44. The van der Waals surface area contributed by atoms with Gasteiger partial charge in [-0.3, -0.25) is 0 Å². The molecule has 0 amide bonds. The summed E-state index contributed by atoms with van der Waals surface area (Å²) >= 11 is 0. The fraction of sp³-hybridized carbons (Fsp3) is 0.381. The predicted octanol–water partition coefficient (Wildman–Crippen LogP) is 3.74. The predicted molar refractivity (Wildman–Crippen MR) is 97.4 cm³/mol. The number of rotatable bonds is 6. The Morgan fingerprint density at radius 3 is 2.19 bits per heavy atom. The molecule has 162 valence electrons. The Hall–Kier alpha value is -2.88. The molecule has 1 atom stereocenters. The van der Waals surface area contributed by atoms with E-state index < -0.39 is 51.9 Å². The number of hydrogen-bond donors (Lipinski definition) is 1. The normalized spacial score (nSPS) is 26.6. The molecule has 1 N–H and O–H groups in total. The molecule has 0 radical (unpaired) electrons. The smallest absolute Gasteiger partial charge is 0.287 e. The summed E-state index contributed by atoms with van der Waals surface area (Å²) in [5.41, 5.74) is -5.09. The van der Waals surface area contributed by atoms with Crippen LogP contribution in [0.1, 0.15) is 30.4 Å². The molecule has 0 saturated heterocycles. The number of aliphatic hydroxyl groups is 1. The highest BCUT2D eigenvalue weighted by Crippen LogP contribution is 2.80. The van der Waals surface area contributed by atoms with Gasteiger partial charge in [-0.15, -0.1) is 5.10 Å². The number of aromatic nitrogens is 4. The van der Waals surface area contributed by atoms with Gasteiger partial charge in [-0.25, -0.2) is 26.6 Å². The standard InChI is InChI=1S/C21H17F5N4O/c22-14-3-1-13(2-4-14)18-8-19(9-18,10-18)21(25,26)20(31,11-30-12-27-28-29-30)16-6-5-15(23)7-17(16)24/h1-7,12,31H,8-11H2/t18?,19?,20-/m1/s1. The molecule has 2 bridgehead atoms. The zero-order valence-electron chi connectivity index (χ0n) is 16.1. The van der Waals surface area contributed by atoms with Crippen LogP contribution in [-0.4, -0.2) is 31.2 Å². The Balaban J connectivity index is 1.52. The highest BCUT2D eigenvalue weighted by atomic mass is 19.3. The average Bonchev–Trinajstić information content (AvgIpc) is 3.13. The van der Waals surface area contributed by atoms with Crippen molar-refractivity contribution in [3.8, 4) is 0 Å². The Labute approximate surface area is 173 Å². The van der Waals surface area contributed by atoms with Crippen LogP contribution in [0.3, 0.4) is 0 Å². The van der Waals surface area contributed by atoms with Crippen LogP contribution in [0.2, 0.25) is 0 Å². The van der Waals surface area contributed by atoms with Crippen LogP contribution in [0.25, 0.3) is 0 Å². The van der Waals surface area contributed by atoms with Crippen molar-refractivity contribution in [2.24, 2.45) is 5.41 Å². The molecular formula is C21H17F5N4O. The summed E-state index contributed by atoms with van der Waals surface area (Å²) in [7, 11) is 0. The van der Waals surface area contributed by atoms with E-state index in [9.17, 15) is 18.3 Å². The van der Waals surface area contributed by atoms with Gasteiger partial charge in [0.25, 0.3) is 5.92 Å². The minimum atomic E-state index is -3.79. The molecule has 0 unspecified atom stereocenters. The largest absolute Gasteiger partial charge is 0.377 e. The fourth-order valence-corrected chi connectivity index (χ4v) is 5.33. The lowest BCUT2D eigenvalue weighted by Gasteiger charge is -2.74. The lowest BCUT2D eigenvalue weighted by atomic mass is 9.30. The molecule has 31 heavy (non-hydrogen) atoms. The number of alkyl halides is 2. The molecule has 6 rings (SSSR count). The van der Waals surface area contributed by atoms with Crippen LogP contribution < -0.4 is 0 Å². The van der Waals surface area contributed by atoms with E-state index in [0.717, 1.165) is 28.7 Å². The van der Waals surface area contributed by atoms with Crippen molar-refractivity contribution in [3.05, 3.63) is 77.4 Å². The van der Waals surface area contributed by atoms with Gasteiger partial charge in [-0.2, -0.15) is 0 Å². The van der Waals surface area contributed by atoms with Gasteiger partial charge in [0.2, 0.25) is 0 Å². The van der Waals surface area contributed by atoms with Gasteiger partial charge in [0.1, 0.15) is 23.8 Å². The summed E-state index contributed by atoms with van der Waals surface area (Å²) in [6.07, 6.45) is 1.20. The van der Waals surface area contributed by atoms with E-state index in [2.05, 4.69) is 15.5 Å². The molecule has 3 aliphatic rings. The minimum absolute atomic E-state index is 0.0549. The first kappa shape index (κ1) is 20.0. The second-order valence-corrected chi connectivity index (χ2v) is 8.66. The molecule has 10 heteroatoms. The Morgan fingerprint density at radius 2 is 1.61 bits per heavy atom. The second kappa shape index (κ2) is 6.32. The molecule has 1 aromatic heterocycles. The van der Waals surface area contributed by atoms with Gasteiger partial charge < -0.3 is 5.11 Å². The third-order valence-electron chi connectivity index (χ3n) is 6.83. The quantitative estimate of drug-likeness (QED) is 0.598. The van der Waals surface area contributed by atoms with Crippen LogP contribution in [-0.2, 0) is 17.6 Å². The van der Waals surface area contributed by atoms with Crippen LogP contribution in [0.15, 0.2) is 48.8 Å². The lowest BCUT2D eigenvalue weighted by molar-refractivity contribution is -0.347. The number of benzene rings is 2. The van der Waals surface area contributed by atoms with Crippen molar-refractivity contribution in [1.29, 1.82) is 0 Å². The highest BCUT2D eigenvalue weighted by Gasteiger charge is 2.82. The first-order valence-corrected chi connectivity index (χ1v) is 9.64. The van der Waals surface area contributed by atoms with Crippen molar-refractivity contribution >= 4 is 0 Å². The Morgan fingerprint density at radius 1 is 0.968 bits per heavy atom. The summed E-state index contributed by atoms with van der Waals surface area (Å²) in [5, 5.41) is 21.6. The number of halogens is 5. The van der Waals surface area contributed by atoms with Crippen LogP contribution in [0.5, 0.6) is 0 Å². The van der Waals surface area contributed by atoms with Gasteiger partial charge in [-0.05, 0) is 64.9 Å². The molecule has 3 aliphatic carbocycles. The van der Waals surface area contributed by atoms with Gasteiger partial charge in [0, 0.05) is 17.0 Å². The lowest BCUT2D eigenvalue weighted by Crippen LogP contribution is -2.76. The Kier molecular flexibility index (Phi) is 4.09. The number of hydrogen-bond acceptors (Lipinski definition) is 4. The van der Waals surface area contributed by atoms with E-state index in [1.54, 1.807) is 12.1 Å². The van der Waals surface area contributed by atoms with Crippen molar-refractivity contribution in [3.63, 3.8) is 0 Å². The first-order chi connectivity index (χ1) is 14.6. The van der Waals surface area contributed by atoms with Gasteiger partial charge in [0.15, 0.2) is 5.60 Å². The van der Waals surface area contributed by atoms with E-state index in [0.29, 0.717) is 6.07 Å². The molecule has 3 aromatic rings. The second-order valence-electron chi connectivity index (χ2n) is 8.66. The molecule has 0 aliphatic heterocycles. The molecular weight excluding hydrogens is 419 g/mol. The molecule has 3 fully saturated rings. The van der Waals surface area contributed by atoms with Gasteiger partial charge >= 0.3 is 0 Å². The number of tetrazole rings is 1. The molecule has 1 heterocycles. The van der Waals surface area contributed by atoms with Gasteiger partial charge in [0.05, 0.1) is 6.54 Å². The molecule has 0 spiro atoms. The van der Waals surface area contributed by atoms with E-state index in [1.807, 2.05) is 0 Å². The first-order valence-electron chi connectivity index (χ1n) is 9.64. The average molecular weight is 436 g/mol. The van der Waals surface area contributed by atoms with Gasteiger partial charge in [-0.1, -0.05) is 12.1 Å². The van der Waals surface area contributed by atoms with Crippen molar-refractivity contribution in [2.45, 2.75) is 42.7 Å². The fourth-order valence-electron chi connectivity index (χ4n) is 5.33. The summed E-state index contributed by atoms with van der Waals surface area (Å²) in [6, 6.07) is 7.81. The monoisotopic (exact) mass is 436 g/mol. The van der Waals surface area contributed by atoms with E-state index in [4.69, 9.17) is 0 Å². The van der Waals surface area contributed by atoms with Crippen molar-refractivity contribution in [2.75, 3.05) is 0 Å². The van der Waals surface area contributed by atoms with E-state index in [1.165, 1.54) is 12.1 Å². The van der Waals surface area contributed by atoms with Crippen LogP contribution in [0, 0.1) is 22.9 Å². The topological polar surface area (TPSA) is 63.8 Å². The maximum absolute atomic E-state index is 16.0. The summed E-state index contributed by atoms with van der Waals surface area (Å²) < 4.78 is 74.1. The van der Waals surface area contributed by atoms with E-state index >= 15 is 8.78 Å². The molecule has 5 nitrogen and oxygen atoms in total. The summed E-state index contributed by atoms with van der Waals surface area (Å²) in [4.78, 5) is 0. The van der Waals surface area contributed by atoms with Crippen molar-refractivity contribution in [1.82, 2.24) is 20.2 Å². The van der Waals surface area contributed by atoms with E-state index in [-0.39, 0.29) is 19.3 Å². The maximum atomic E-state index is 16.0. The Bertz CT molecular complexity index is 1120. The maximum Gasteiger partial charge on any atom is 0.287 e.